The van der Waals surface area contributed by atoms with Crippen molar-refractivity contribution in [3.05, 3.63) is 17.5 Å². The molecule has 2 heterocycles. The fraction of sp³-hybridized carbons (Fsp3) is 0.636. The lowest BCUT2D eigenvalue weighted by Crippen LogP contribution is -2.42. The molecule has 0 spiro atoms. The average molecular weight is 226 g/mol. The Labute approximate surface area is 95.5 Å². The maximum absolute atomic E-state index is 5.85. The van der Waals surface area contributed by atoms with Crippen LogP contribution in [-0.4, -0.2) is 22.6 Å². The molecule has 1 aromatic heterocycles. The van der Waals surface area contributed by atoms with Gasteiger partial charge < -0.3 is 4.90 Å². The number of halogens is 1. The third-order valence-corrected chi connectivity index (χ3v) is 3.44. The van der Waals surface area contributed by atoms with Crippen LogP contribution in [0.15, 0.2) is 12.4 Å². The largest absolute Gasteiger partial charge is 0.352 e. The molecule has 2 atom stereocenters. The van der Waals surface area contributed by atoms with Gasteiger partial charge in [0.25, 0.3) is 0 Å². The lowest BCUT2D eigenvalue weighted by molar-refractivity contribution is 0.361. The second kappa shape index (κ2) is 4.35. The molecule has 82 valence electrons. The Morgan fingerprint density at radius 1 is 1.40 bits per heavy atom. The maximum Gasteiger partial charge on any atom is 0.149 e. The molecule has 0 N–H and O–H groups in total. The number of nitrogens with zero attached hydrogens (tertiary/aromatic N) is 3. The highest BCUT2D eigenvalue weighted by atomic mass is 35.5. The first-order valence-corrected chi connectivity index (χ1v) is 5.80. The molecule has 3 nitrogen and oxygen atoms in total. The summed E-state index contributed by atoms with van der Waals surface area (Å²) in [7, 11) is 0. The van der Waals surface area contributed by atoms with Crippen LogP contribution in [0.2, 0.25) is 5.15 Å². The van der Waals surface area contributed by atoms with E-state index in [9.17, 15) is 0 Å². The highest BCUT2D eigenvalue weighted by Gasteiger charge is 2.25. The fourth-order valence-electron chi connectivity index (χ4n) is 2.13. The molecule has 1 aliphatic heterocycles. The molecule has 0 amide bonds. The summed E-state index contributed by atoms with van der Waals surface area (Å²) < 4.78 is 0. The van der Waals surface area contributed by atoms with Gasteiger partial charge in [-0.1, -0.05) is 18.5 Å². The monoisotopic (exact) mass is 225 g/mol. The van der Waals surface area contributed by atoms with Crippen LogP contribution in [0, 0.1) is 5.92 Å². The average Bonchev–Trinajstić information content (AvgIpc) is 2.22. The summed E-state index contributed by atoms with van der Waals surface area (Å²) in [6.07, 6.45) is 5.88. The van der Waals surface area contributed by atoms with E-state index in [0.29, 0.717) is 17.1 Å². The van der Waals surface area contributed by atoms with Crippen LogP contribution in [-0.2, 0) is 0 Å². The molecule has 0 aliphatic carbocycles. The van der Waals surface area contributed by atoms with E-state index in [2.05, 4.69) is 28.7 Å². The summed E-state index contributed by atoms with van der Waals surface area (Å²) in [4.78, 5) is 10.7. The van der Waals surface area contributed by atoms with Crippen molar-refractivity contribution in [2.45, 2.75) is 32.7 Å². The lowest BCUT2D eigenvalue weighted by atomic mass is 9.92. The molecule has 0 saturated carbocycles. The van der Waals surface area contributed by atoms with Crippen molar-refractivity contribution < 1.29 is 0 Å². The Kier molecular flexibility index (Phi) is 3.10. The zero-order valence-electron chi connectivity index (χ0n) is 9.15. The summed E-state index contributed by atoms with van der Waals surface area (Å²) in [6.45, 7) is 5.59. The Morgan fingerprint density at radius 2 is 2.20 bits per heavy atom. The molecule has 1 aromatic rings. The van der Waals surface area contributed by atoms with Gasteiger partial charge in [0.15, 0.2) is 0 Å². The normalized spacial score (nSPS) is 26.7. The number of anilines is 1. The summed E-state index contributed by atoms with van der Waals surface area (Å²) in [6, 6.07) is 0.520. The standard InChI is InChI=1S/C11H16ClN3/c1-8-4-3-5-15(9(8)2)11-7-13-6-10(12)14-11/h6-9H,3-5H2,1-2H3. The SMILES string of the molecule is CC1CCCN(c2cncc(Cl)n2)C1C. The van der Waals surface area contributed by atoms with Crippen molar-refractivity contribution in [3.8, 4) is 0 Å². The highest BCUT2D eigenvalue weighted by molar-refractivity contribution is 6.29. The lowest BCUT2D eigenvalue weighted by Gasteiger charge is -2.38. The first-order chi connectivity index (χ1) is 7.18. The Bertz CT molecular complexity index is 342. The minimum Gasteiger partial charge on any atom is -0.352 e. The second-order valence-corrected chi connectivity index (χ2v) is 4.64. The number of rotatable bonds is 1. The van der Waals surface area contributed by atoms with Crippen molar-refractivity contribution in [3.63, 3.8) is 0 Å². The van der Waals surface area contributed by atoms with Crippen molar-refractivity contribution in [2.75, 3.05) is 11.4 Å². The van der Waals surface area contributed by atoms with E-state index in [1.165, 1.54) is 12.8 Å². The molecule has 1 aliphatic rings. The van der Waals surface area contributed by atoms with Gasteiger partial charge in [0, 0.05) is 12.6 Å². The van der Waals surface area contributed by atoms with Crippen molar-refractivity contribution in [1.29, 1.82) is 0 Å². The molecule has 1 saturated heterocycles. The molecule has 1 fully saturated rings. The number of aromatic nitrogens is 2. The molecule has 4 heteroatoms. The van der Waals surface area contributed by atoms with Gasteiger partial charge in [-0.15, -0.1) is 0 Å². The maximum atomic E-state index is 5.85. The van der Waals surface area contributed by atoms with Gasteiger partial charge in [-0.25, -0.2) is 4.98 Å². The van der Waals surface area contributed by atoms with Gasteiger partial charge in [-0.05, 0) is 25.7 Å². The first kappa shape index (κ1) is 10.7. The van der Waals surface area contributed by atoms with Crippen molar-refractivity contribution >= 4 is 17.4 Å². The summed E-state index contributed by atoms with van der Waals surface area (Å²) in [5.74, 6) is 1.61. The van der Waals surface area contributed by atoms with Crippen LogP contribution in [0.25, 0.3) is 0 Å². The molecule has 15 heavy (non-hydrogen) atoms. The molecular formula is C11H16ClN3. The first-order valence-electron chi connectivity index (χ1n) is 5.42. The van der Waals surface area contributed by atoms with Gasteiger partial charge in [-0.3, -0.25) is 4.98 Å². The van der Waals surface area contributed by atoms with E-state index < -0.39 is 0 Å². The molecule has 0 radical (unpaired) electrons. The fourth-order valence-corrected chi connectivity index (χ4v) is 2.27. The van der Waals surface area contributed by atoms with Crippen LogP contribution in [0.1, 0.15) is 26.7 Å². The quantitative estimate of drug-likeness (QED) is 0.736. The smallest absolute Gasteiger partial charge is 0.149 e. The van der Waals surface area contributed by atoms with E-state index in [1.807, 2.05) is 0 Å². The summed E-state index contributed by atoms with van der Waals surface area (Å²) in [5, 5.41) is 0.470. The highest BCUT2D eigenvalue weighted by Crippen LogP contribution is 2.27. The van der Waals surface area contributed by atoms with Gasteiger partial charge in [0.2, 0.25) is 0 Å². The van der Waals surface area contributed by atoms with E-state index in [4.69, 9.17) is 11.6 Å². The van der Waals surface area contributed by atoms with Crippen molar-refractivity contribution in [2.24, 2.45) is 5.92 Å². The van der Waals surface area contributed by atoms with Crippen LogP contribution in [0.4, 0.5) is 5.82 Å². The van der Waals surface area contributed by atoms with Gasteiger partial charge in [-0.2, -0.15) is 0 Å². The van der Waals surface area contributed by atoms with Crippen LogP contribution >= 0.6 is 11.6 Å². The second-order valence-electron chi connectivity index (χ2n) is 4.25. The van der Waals surface area contributed by atoms with E-state index >= 15 is 0 Å². The number of hydrogen-bond donors (Lipinski definition) is 0. The molecule has 2 unspecified atom stereocenters. The van der Waals surface area contributed by atoms with Crippen LogP contribution in [0.3, 0.4) is 0 Å². The van der Waals surface area contributed by atoms with Gasteiger partial charge >= 0.3 is 0 Å². The third kappa shape index (κ3) is 2.23. The predicted octanol–water partition coefficient (Wildman–Crippen LogP) is 2.75. The minimum atomic E-state index is 0.470. The molecular weight excluding hydrogens is 210 g/mol. The predicted molar refractivity (Wildman–Crippen MR) is 62.2 cm³/mol. The topological polar surface area (TPSA) is 29.0 Å². The summed E-state index contributed by atoms with van der Waals surface area (Å²) >= 11 is 5.85. The van der Waals surface area contributed by atoms with E-state index in [-0.39, 0.29) is 0 Å². The number of piperidine rings is 1. The number of hydrogen-bond acceptors (Lipinski definition) is 3. The van der Waals surface area contributed by atoms with Gasteiger partial charge in [0.05, 0.1) is 12.4 Å². The minimum absolute atomic E-state index is 0.470. The third-order valence-electron chi connectivity index (χ3n) is 3.26. The zero-order valence-corrected chi connectivity index (χ0v) is 9.91. The Balaban J connectivity index is 2.22. The van der Waals surface area contributed by atoms with E-state index in [1.54, 1.807) is 12.4 Å². The van der Waals surface area contributed by atoms with Crippen LogP contribution in [0.5, 0.6) is 0 Å². The Hall–Kier alpha value is -0.830. The summed E-state index contributed by atoms with van der Waals surface area (Å²) in [5.41, 5.74) is 0. The molecule has 0 aromatic carbocycles. The van der Waals surface area contributed by atoms with E-state index in [0.717, 1.165) is 12.4 Å². The Morgan fingerprint density at radius 3 is 2.93 bits per heavy atom. The van der Waals surface area contributed by atoms with Gasteiger partial charge in [0.1, 0.15) is 11.0 Å². The zero-order chi connectivity index (χ0) is 10.8. The molecule has 2 rings (SSSR count). The van der Waals surface area contributed by atoms with Crippen LogP contribution < -0.4 is 4.90 Å². The van der Waals surface area contributed by atoms with Crippen molar-refractivity contribution in [1.82, 2.24) is 9.97 Å². The molecule has 0 bridgehead atoms.